The van der Waals surface area contributed by atoms with E-state index in [9.17, 15) is 0 Å². The van der Waals surface area contributed by atoms with Gasteiger partial charge < -0.3 is 9.15 Å². The summed E-state index contributed by atoms with van der Waals surface area (Å²) in [7, 11) is 0. The van der Waals surface area contributed by atoms with Crippen molar-refractivity contribution in [1.82, 2.24) is 9.88 Å². The molecule has 1 aromatic carbocycles. The zero-order valence-corrected chi connectivity index (χ0v) is 14.4. The van der Waals surface area contributed by atoms with Crippen LogP contribution in [0.3, 0.4) is 0 Å². The van der Waals surface area contributed by atoms with Gasteiger partial charge in [-0.2, -0.15) is 0 Å². The highest BCUT2D eigenvalue weighted by Gasteiger charge is 2.41. The first-order chi connectivity index (χ1) is 12.3. The van der Waals surface area contributed by atoms with Gasteiger partial charge in [0.2, 0.25) is 5.88 Å². The van der Waals surface area contributed by atoms with Crippen LogP contribution in [0.1, 0.15) is 19.8 Å². The molecule has 4 heteroatoms. The summed E-state index contributed by atoms with van der Waals surface area (Å²) < 4.78 is 11.8. The first-order valence-corrected chi connectivity index (χ1v) is 9.13. The van der Waals surface area contributed by atoms with Crippen LogP contribution in [-0.2, 0) is 0 Å². The van der Waals surface area contributed by atoms with Gasteiger partial charge in [0.05, 0.1) is 6.26 Å². The number of nitrogens with zero attached hydrogens (tertiary/aromatic N) is 2. The molecule has 6 rings (SSSR count). The van der Waals surface area contributed by atoms with Crippen LogP contribution in [-0.4, -0.2) is 35.1 Å². The van der Waals surface area contributed by atoms with Crippen LogP contribution in [0.5, 0.6) is 5.88 Å². The number of hydrogen-bond donors (Lipinski definition) is 0. The van der Waals surface area contributed by atoms with E-state index >= 15 is 0 Å². The summed E-state index contributed by atoms with van der Waals surface area (Å²) in [5.41, 5.74) is 3.13. The van der Waals surface area contributed by atoms with Crippen molar-refractivity contribution < 1.29 is 9.15 Å². The van der Waals surface area contributed by atoms with Crippen molar-refractivity contribution in [2.75, 3.05) is 13.1 Å². The van der Waals surface area contributed by atoms with Crippen LogP contribution in [0, 0.1) is 5.92 Å². The SMILES string of the molecule is C[C@H]1[C@H](Oc2ccc(-c3cccc4occc34)cn2)C2CCN1CC2. The van der Waals surface area contributed by atoms with Gasteiger partial charge in [-0.3, -0.25) is 4.90 Å². The van der Waals surface area contributed by atoms with E-state index in [-0.39, 0.29) is 6.10 Å². The van der Waals surface area contributed by atoms with Crippen LogP contribution in [0.25, 0.3) is 22.1 Å². The smallest absolute Gasteiger partial charge is 0.213 e. The lowest BCUT2D eigenvalue weighted by atomic mass is 9.81. The van der Waals surface area contributed by atoms with E-state index < -0.39 is 0 Å². The largest absolute Gasteiger partial charge is 0.472 e. The van der Waals surface area contributed by atoms with Crippen LogP contribution in [0.4, 0.5) is 0 Å². The minimum atomic E-state index is 0.262. The molecular formula is C21H22N2O2. The van der Waals surface area contributed by atoms with E-state index in [1.807, 2.05) is 30.5 Å². The molecular weight excluding hydrogens is 312 g/mol. The molecule has 0 spiro atoms. The molecule has 3 fully saturated rings. The molecule has 2 aromatic heterocycles. The molecule has 2 atom stereocenters. The maximum atomic E-state index is 6.29. The van der Waals surface area contributed by atoms with Crippen LogP contribution < -0.4 is 4.74 Å². The number of pyridine rings is 1. The number of benzene rings is 1. The summed E-state index contributed by atoms with van der Waals surface area (Å²) in [6.45, 7) is 4.71. The second-order valence-electron chi connectivity index (χ2n) is 7.22. The van der Waals surface area contributed by atoms with Gasteiger partial charge in [0.15, 0.2) is 0 Å². The maximum absolute atomic E-state index is 6.29. The Morgan fingerprint density at radius 1 is 1.12 bits per heavy atom. The summed E-state index contributed by atoms with van der Waals surface area (Å²) in [4.78, 5) is 7.13. The molecule has 0 radical (unpaired) electrons. The fourth-order valence-corrected chi connectivity index (χ4v) is 4.45. The fourth-order valence-electron chi connectivity index (χ4n) is 4.45. The first-order valence-electron chi connectivity index (χ1n) is 9.13. The lowest BCUT2D eigenvalue weighted by molar-refractivity contribution is -0.0525. The first kappa shape index (κ1) is 15.0. The Labute approximate surface area is 147 Å². The van der Waals surface area contributed by atoms with Crippen LogP contribution >= 0.6 is 0 Å². The summed E-state index contributed by atoms with van der Waals surface area (Å²) in [6.07, 6.45) is 6.39. The number of fused-ring (bicyclic) bond motifs is 4. The minimum absolute atomic E-state index is 0.262. The Morgan fingerprint density at radius 2 is 2.00 bits per heavy atom. The molecule has 4 nitrogen and oxygen atoms in total. The highest BCUT2D eigenvalue weighted by Crippen LogP contribution is 2.35. The van der Waals surface area contributed by atoms with Gasteiger partial charge in [-0.15, -0.1) is 0 Å². The van der Waals surface area contributed by atoms with E-state index in [4.69, 9.17) is 9.15 Å². The summed E-state index contributed by atoms with van der Waals surface area (Å²) in [6, 6.07) is 12.7. The van der Waals surface area contributed by atoms with E-state index in [0.717, 1.165) is 28.0 Å². The lowest BCUT2D eigenvalue weighted by Crippen LogP contribution is -2.58. The van der Waals surface area contributed by atoms with Gasteiger partial charge >= 0.3 is 0 Å². The molecule has 0 saturated carbocycles. The molecule has 0 N–H and O–H groups in total. The second-order valence-corrected chi connectivity index (χ2v) is 7.22. The van der Waals surface area contributed by atoms with Crippen LogP contribution in [0.15, 0.2) is 53.3 Å². The minimum Gasteiger partial charge on any atom is -0.472 e. The van der Waals surface area contributed by atoms with Gasteiger partial charge in [-0.05, 0) is 62.5 Å². The Hall–Kier alpha value is -2.33. The molecule has 2 bridgehead atoms. The Kier molecular flexibility index (Phi) is 3.52. The normalized spacial score (nSPS) is 28.4. The molecule has 3 aliphatic rings. The Balaban J connectivity index is 1.40. The molecule has 3 aromatic rings. The number of hydrogen-bond acceptors (Lipinski definition) is 4. The zero-order valence-electron chi connectivity index (χ0n) is 14.4. The maximum Gasteiger partial charge on any atom is 0.213 e. The highest BCUT2D eigenvalue weighted by atomic mass is 16.5. The lowest BCUT2D eigenvalue weighted by Gasteiger charge is -2.49. The van der Waals surface area contributed by atoms with Crippen molar-refractivity contribution >= 4 is 11.0 Å². The van der Waals surface area contributed by atoms with E-state index in [2.05, 4.69) is 28.9 Å². The molecule has 0 amide bonds. The molecule has 0 unspecified atom stereocenters. The van der Waals surface area contributed by atoms with Crippen molar-refractivity contribution in [2.24, 2.45) is 5.92 Å². The van der Waals surface area contributed by atoms with Crippen LogP contribution in [0.2, 0.25) is 0 Å². The molecule has 128 valence electrons. The number of rotatable bonds is 3. The van der Waals surface area contributed by atoms with Crippen molar-refractivity contribution in [2.45, 2.75) is 31.9 Å². The predicted octanol–water partition coefficient (Wildman–Crippen LogP) is 4.36. The number of piperidine rings is 3. The topological polar surface area (TPSA) is 38.5 Å². The van der Waals surface area contributed by atoms with Gasteiger partial charge in [0.1, 0.15) is 11.7 Å². The van der Waals surface area contributed by atoms with Crippen molar-refractivity contribution in [3.05, 3.63) is 48.9 Å². The Bertz CT molecular complexity index is 876. The van der Waals surface area contributed by atoms with Crippen molar-refractivity contribution in [3.63, 3.8) is 0 Å². The van der Waals surface area contributed by atoms with Gasteiger partial charge in [0.25, 0.3) is 0 Å². The molecule has 25 heavy (non-hydrogen) atoms. The van der Waals surface area contributed by atoms with E-state index in [1.54, 1.807) is 6.26 Å². The monoisotopic (exact) mass is 334 g/mol. The number of aromatic nitrogens is 1. The number of furan rings is 1. The van der Waals surface area contributed by atoms with Gasteiger partial charge in [-0.25, -0.2) is 4.98 Å². The van der Waals surface area contributed by atoms with Gasteiger partial charge in [0, 0.05) is 29.3 Å². The average molecular weight is 334 g/mol. The third kappa shape index (κ3) is 2.52. The fraction of sp³-hybridized carbons (Fsp3) is 0.381. The highest BCUT2D eigenvalue weighted by molar-refractivity contribution is 5.93. The van der Waals surface area contributed by atoms with E-state index in [0.29, 0.717) is 12.0 Å². The summed E-state index contributed by atoms with van der Waals surface area (Å²) in [5, 5.41) is 1.11. The standard InChI is InChI=1S/C21H22N2O2/c1-14-21(15-7-10-23(14)11-8-15)25-20-6-5-16(13-22-20)17-3-2-4-19-18(17)9-12-24-19/h2-6,9,12-15,21H,7-8,10-11H2,1H3/t14-,21-/m0/s1. The number of ether oxygens (including phenoxy) is 1. The van der Waals surface area contributed by atoms with Crippen molar-refractivity contribution in [3.8, 4) is 17.0 Å². The predicted molar refractivity (Wildman–Crippen MR) is 97.6 cm³/mol. The third-order valence-electron chi connectivity index (χ3n) is 5.89. The van der Waals surface area contributed by atoms with E-state index in [1.165, 1.54) is 25.9 Å². The van der Waals surface area contributed by atoms with Crippen molar-refractivity contribution in [1.29, 1.82) is 0 Å². The average Bonchev–Trinajstić information content (AvgIpc) is 3.14. The summed E-state index contributed by atoms with van der Waals surface area (Å²) >= 11 is 0. The third-order valence-corrected chi connectivity index (χ3v) is 5.89. The quantitative estimate of drug-likeness (QED) is 0.713. The molecule has 3 saturated heterocycles. The Morgan fingerprint density at radius 3 is 2.76 bits per heavy atom. The van der Waals surface area contributed by atoms with Gasteiger partial charge in [-0.1, -0.05) is 12.1 Å². The molecule has 3 aliphatic heterocycles. The zero-order chi connectivity index (χ0) is 16.8. The molecule has 5 heterocycles. The molecule has 0 aliphatic carbocycles. The second kappa shape index (κ2) is 5.88. The summed E-state index contributed by atoms with van der Waals surface area (Å²) in [5.74, 6) is 1.40.